The van der Waals surface area contributed by atoms with Crippen molar-refractivity contribution >= 4 is 41.0 Å². The lowest BCUT2D eigenvalue weighted by atomic mass is 9.92. The van der Waals surface area contributed by atoms with Crippen LogP contribution in [0.4, 0.5) is 4.79 Å². The van der Waals surface area contributed by atoms with Gasteiger partial charge in [0.05, 0.1) is 0 Å². The first kappa shape index (κ1) is 20.3. The monoisotopic (exact) mass is 449 g/mol. The van der Waals surface area contributed by atoms with E-state index in [1.54, 1.807) is 30.3 Å². The Hall–Kier alpha value is -2.97. The number of carbonyl (C=O) groups is 3. The van der Waals surface area contributed by atoms with Gasteiger partial charge in [-0.1, -0.05) is 35.3 Å². The third-order valence-electron chi connectivity index (χ3n) is 4.97. The smallest absolute Gasteiger partial charge is 0.325 e. The van der Waals surface area contributed by atoms with E-state index >= 15 is 0 Å². The van der Waals surface area contributed by atoms with Gasteiger partial charge in [-0.2, -0.15) is 0 Å². The topological polar surface area (TPSA) is 97.0 Å². The summed E-state index contributed by atoms with van der Waals surface area (Å²) >= 11 is 12.1. The molecule has 4 rings (SSSR count). The first-order chi connectivity index (χ1) is 14.3. The van der Waals surface area contributed by atoms with Crippen molar-refractivity contribution in [1.82, 2.24) is 15.5 Å². The van der Waals surface area contributed by atoms with Gasteiger partial charge < -0.3 is 20.1 Å². The molecule has 30 heavy (non-hydrogen) atoms. The van der Waals surface area contributed by atoms with Crippen molar-refractivity contribution < 1.29 is 23.9 Å². The second-order valence-electron chi connectivity index (χ2n) is 7.03. The van der Waals surface area contributed by atoms with E-state index < -0.39 is 29.9 Å². The SMILES string of the molecule is C[C@]1(c2ccc(Cl)cc2Cl)NC(=O)N(CC(=O)NCc2ccc3c(c2)OCO3)C1=O. The molecule has 0 aliphatic carbocycles. The molecular weight excluding hydrogens is 433 g/mol. The number of nitrogens with zero attached hydrogens (tertiary/aromatic N) is 1. The molecule has 8 nitrogen and oxygen atoms in total. The number of hydrogen-bond acceptors (Lipinski definition) is 5. The van der Waals surface area contributed by atoms with Gasteiger partial charge in [-0.05, 0) is 36.8 Å². The average molecular weight is 450 g/mol. The minimum Gasteiger partial charge on any atom is -0.454 e. The molecule has 1 atom stereocenters. The fourth-order valence-electron chi connectivity index (χ4n) is 3.37. The zero-order valence-corrected chi connectivity index (χ0v) is 17.3. The molecule has 1 saturated heterocycles. The molecule has 4 amide bonds. The van der Waals surface area contributed by atoms with Gasteiger partial charge in [0.15, 0.2) is 11.5 Å². The van der Waals surface area contributed by atoms with Crippen LogP contribution >= 0.6 is 23.2 Å². The van der Waals surface area contributed by atoms with Crippen LogP contribution in [0.3, 0.4) is 0 Å². The molecule has 0 radical (unpaired) electrons. The highest BCUT2D eigenvalue weighted by Crippen LogP contribution is 2.35. The summed E-state index contributed by atoms with van der Waals surface area (Å²) in [6.45, 7) is 1.48. The second kappa shape index (κ2) is 7.70. The van der Waals surface area contributed by atoms with E-state index in [9.17, 15) is 14.4 Å². The molecule has 0 bridgehead atoms. The third-order valence-corrected chi connectivity index (χ3v) is 5.52. The lowest BCUT2D eigenvalue weighted by molar-refractivity contribution is -0.134. The standard InChI is InChI=1S/C20H17Cl2N3O5/c1-20(13-4-3-12(21)7-14(13)22)18(27)25(19(28)24-20)9-17(26)23-8-11-2-5-15-16(6-11)30-10-29-15/h2-7H,8-10H2,1H3,(H,23,26)(H,24,28)/t20-/m1/s1. The number of halogens is 2. The Morgan fingerprint density at radius 1 is 1.17 bits per heavy atom. The van der Waals surface area contributed by atoms with Gasteiger partial charge in [-0.25, -0.2) is 4.79 Å². The van der Waals surface area contributed by atoms with Gasteiger partial charge in [0, 0.05) is 22.2 Å². The molecule has 2 aromatic rings. The van der Waals surface area contributed by atoms with Gasteiger partial charge in [-0.3, -0.25) is 14.5 Å². The first-order valence-electron chi connectivity index (χ1n) is 9.03. The van der Waals surface area contributed by atoms with E-state index in [2.05, 4.69) is 10.6 Å². The summed E-state index contributed by atoms with van der Waals surface area (Å²) in [7, 11) is 0. The maximum absolute atomic E-state index is 13.0. The Kier molecular flexibility index (Phi) is 5.21. The molecule has 2 aromatic carbocycles. The van der Waals surface area contributed by atoms with Crippen LogP contribution in [-0.2, 0) is 21.7 Å². The molecule has 0 aromatic heterocycles. The number of fused-ring (bicyclic) bond motifs is 1. The van der Waals surface area contributed by atoms with Crippen molar-refractivity contribution in [2.45, 2.75) is 19.0 Å². The lowest BCUT2D eigenvalue weighted by Gasteiger charge is -2.23. The molecule has 2 aliphatic rings. The number of imide groups is 1. The van der Waals surface area contributed by atoms with E-state index in [1.165, 1.54) is 13.0 Å². The second-order valence-corrected chi connectivity index (χ2v) is 7.88. The van der Waals surface area contributed by atoms with Crippen molar-refractivity contribution in [2.75, 3.05) is 13.3 Å². The predicted octanol–water partition coefficient (Wildman–Crippen LogP) is 2.81. The van der Waals surface area contributed by atoms with E-state index in [4.69, 9.17) is 32.7 Å². The maximum Gasteiger partial charge on any atom is 0.325 e. The normalized spacial score (nSPS) is 19.8. The number of nitrogens with one attached hydrogen (secondary N) is 2. The summed E-state index contributed by atoms with van der Waals surface area (Å²) in [5.74, 6) is 0.189. The van der Waals surface area contributed by atoms with Crippen LogP contribution < -0.4 is 20.1 Å². The fraction of sp³-hybridized carbons (Fsp3) is 0.250. The van der Waals surface area contributed by atoms with Crippen molar-refractivity contribution in [3.63, 3.8) is 0 Å². The van der Waals surface area contributed by atoms with Crippen LogP contribution in [0.25, 0.3) is 0 Å². The van der Waals surface area contributed by atoms with Crippen molar-refractivity contribution in [1.29, 1.82) is 0 Å². The number of amides is 4. The lowest BCUT2D eigenvalue weighted by Crippen LogP contribution is -2.43. The van der Waals surface area contributed by atoms with Crippen molar-refractivity contribution in [3.05, 3.63) is 57.6 Å². The van der Waals surface area contributed by atoms with Crippen LogP contribution in [-0.4, -0.2) is 36.1 Å². The summed E-state index contributed by atoms with van der Waals surface area (Å²) in [4.78, 5) is 38.6. The highest BCUT2D eigenvalue weighted by atomic mass is 35.5. The van der Waals surface area contributed by atoms with Crippen LogP contribution in [0.15, 0.2) is 36.4 Å². The molecule has 0 unspecified atom stereocenters. The Bertz CT molecular complexity index is 1060. The molecule has 10 heteroatoms. The molecule has 0 saturated carbocycles. The number of rotatable bonds is 5. The van der Waals surface area contributed by atoms with Gasteiger partial charge in [0.1, 0.15) is 12.1 Å². The molecule has 1 fully saturated rings. The Morgan fingerprint density at radius 3 is 2.70 bits per heavy atom. The summed E-state index contributed by atoms with van der Waals surface area (Å²) in [6.07, 6.45) is 0. The Morgan fingerprint density at radius 2 is 1.93 bits per heavy atom. The van der Waals surface area contributed by atoms with Crippen molar-refractivity contribution in [2.24, 2.45) is 0 Å². The minimum atomic E-state index is -1.39. The summed E-state index contributed by atoms with van der Waals surface area (Å²) < 4.78 is 10.6. The van der Waals surface area contributed by atoms with Gasteiger partial charge in [-0.15, -0.1) is 0 Å². The van der Waals surface area contributed by atoms with Crippen LogP contribution in [0.1, 0.15) is 18.1 Å². The fourth-order valence-corrected chi connectivity index (χ4v) is 3.97. The van der Waals surface area contributed by atoms with Gasteiger partial charge >= 0.3 is 6.03 Å². The largest absolute Gasteiger partial charge is 0.454 e. The van der Waals surface area contributed by atoms with Crippen molar-refractivity contribution in [3.8, 4) is 11.5 Å². The summed E-state index contributed by atoms with van der Waals surface area (Å²) in [6, 6.07) is 9.27. The number of urea groups is 1. The number of benzene rings is 2. The molecule has 2 heterocycles. The van der Waals surface area contributed by atoms with Gasteiger partial charge in [0.25, 0.3) is 5.91 Å². The highest BCUT2D eigenvalue weighted by Gasteiger charge is 2.50. The van der Waals surface area contributed by atoms with E-state index in [1.807, 2.05) is 0 Å². The zero-order chi connectivity index (χ0) is 21.5. The summed E-state index contributed by atoms with van der Waals surface area (Å²) in [5, 5.41) is 5.95. The third kappa shape index (κ3) is 3.64. The number of ether oxygens (including phenoxy) is 2. The van der Waals surface area contributed by atoms with E-state index in [0.717, 1.165) is 10.5 Å². The maximum atomic E-state index is 13.0. The summed E-state index contributed by atoms with van der Waals surface area (Å²) in [5.41, 5.74) is -0.200. The van der Waals surface area contributed by atoms with Gasteiger partial charge in [0.2, 0.25) is 12.7 Å². The average Bonchev–Trinajstić information content (AvgIpc) is 3.24. The number of carbonyl (C=O) groups excluding carboxylic acids is 3. The Balaban J connectivity index is 1.42. The molecule has 0 spiro atoms. The van der Waals surface area contributed by atoms with Crippen LogP contribution in [0, 0.1) is 0 Å². The molecule has 156 valence electrons. The zero-order valence-electron chi connectivity index (χ0n) is 15.8. The highest BCUT2D eigenvalue weighted by molar-refractivity contribution is 6.35. The van der Waals surface area contributed by atoms with Crippen LogP contribution in [0.2, 0.25) is 10.0 Å². The Labute approximate surface area is 182 Å². The van der Waals surface area contributed by atoms with E-state index in [0.29, 0.717) is 22.1 Å². The molecule has 2 N–H and O–H groups in total. The van der Waals surface area contributed by atoms with E-state index in [-0.39, 0.29) is 18.4 Å². The minimum absolute atomic E-state index is 0.160. The quantitative estimate of drug-likeness (QED) is 0.683. The molecular formula is C20H17Cl2N3O5. The number of hydrogen-bond donors (Lipinski definition) is 2. The predicted molar refractivity (Wildman–Crippen MR) is 108 cm³/mol. The van der Waals surface area contributed by atoms with Crippen LogP contribution in [0.5, 0.6) is 11.5 Å². The first-order valence-corrected chi connectivity index (χ1v) is 9.78. The molecule has 2 aliphatic heterocycles.